The van der Waals surface area contributed by atoms with E-state index in [1.165, 1.54) is 23.6 Å². The standard InChI is InChI=1S/C22H32N4O5S/c1-14(23)19(27)25-17(13-15-7-4-3-5-8-15)20(28)24-16(10-12-32-2)21(29)26-11-6-9-18(26)22(30)31/h3-5,7-8,14,16-18H,6,9-13,23H2,1-2H3,(H,24,28)(H,25,27)(H,30,31). The third-order valence-electron chi connectivity index (χ3n) is 5.38. The number of nitrogens with two attached hydrogens (primary N) is 1. The molecule has 0 bridgehead atoms. The number of carboxylic acid groups (broad SMARTS) is 1. The average molecular weight is 465 g/mol. The highest BCUT2D eigenvalue weighted by Gasteiger charge is 2.38. The molecule has 1 aromatic rings. The number of amides is 3. The molecule has 1 aromatic carbocycles. The molecule has 1 saturated heterocycles. The Balaban J connectivity index is 2.19. The van der Waals surface area contributed by atoms with Crippen LogP contribution in [0.15, 0.2) is 30.3 Å². The number of aliphatic carboxylic acids is 1. The second kappa shape index (κ2) is 12.4. The molecule has 10 heteroatoms. The van der Waals surface area contributed by atoms with Crippen LogP contribution in [0.3, 0.4) is 0 Å². The zero-order chi connectivity index (χ0) is 23.7. The number of benzene rings is 1. The van der Waals surface area contributed by atoms with Crippen LogP contribution >= 0.6 is 11.8 Å². The van der Waals surface area contributed by atoms with Gasteiger partial charge in [-0.15, -0.1) is 0 Å². The zero-order valence-corrected chi connectivity index (χ0v) is 19.3. The van der Waals surface area contributed by atoms with E-state index in [1.807, 2.05) is 36.6 Å². The number of carboxylic acids is 1. The highest BCUT2D eigenvalue weighted by Crippen LogP contribution is 2.20. The molecule has 1 fully saturated rings. The van der Waals surface area contributed by atoms with Crippen LogP contribution in [0.1, 0.15) is 31.7 Å². The predicted molar refractivity (Wildman–Crippen MR) is 123 cm³/mol. The molecule has 176 valence electrons. The number of hydrogen-bond donors (Lipinski definition) is 4. The Bertz CT molecular complexity index is 805. The minimum atomic E-state index is -1.04. The SMILES string of the molecule is CSCCC(NC(=O)C(Cc1ccccc1)NC(=O)C(C)N)C(=O)N1CCCC1C(=O)O. The molecular formula is C22H32N4O5S. The number of thioether (sulfide) groups is 1. The molecule has 0 radical (unpaired) electrons. The molecule has 5 N–H and O–H groups in total. The maximum atomic E-state index is 13.2. The Morgan fingerprint density at radius 1 is 1.16 bits per heavy atom. The van der Waals surface area contributed by atoms with E-state index in [2.05, 4.69) is 10.6 Å². The highest BCUT2D eigenvalue weighted by molar-refractivity contribution is 7.98. The van der Waals surface area contributed by atoms with Gasteiger partial charge in [-0.3, -0.25) is 14.4 Å². The second-order valence-corrected chi connectivity index (χ2v) is 8.90. The zero-order valence-electron chi connectivity index (χ0n) is 18.5. The van der Waals surface area contributed by atoms with Gasteiger partial charge in [0.05, 0.1) is 6.04 Å². The largest absolute Gasteiger partial charge is 0.480 e. The summed E-state index contributed by atoms with van der Waals surface area (Å²) in [7, 11) is 0. The molecule has 2 rings (SSSR count). The second-order valence-electron chi connectivity index (χ2n) is 7.91. The molecule has 0 spiro atoms. The van der Waals surface area contributed by atoms with Gasteiger partial charge in [-0.1, -0.05) is 30.3 Å². The van der Waals surface area contributed by atoms with E-state index in [-0.39, 0.29) is 6.42 Å². The van der Waals surface area contributed by atoms with Crippen LogP contribution in [0.25, 0.3) is 0 Å². The summed E-state index contributed by atoms with van der Waals surface area (Å²) in [5.74, 6) is -1.82. The number of carbonyl (C=O) groups excluding carboxylic acids is 3. The lowest BCUT2D eigenvalue weighted by atomic mass is 10.0. The Hall–Kier alpha value is -2.59. The van der Waals surface area contributed by atoms with E-state index in [9.17, 15) is 24.3 Å². The van der Waals surface area contributed by atoms with Crippen molar-refractivity contribution in [2.45, 2.75) is 56.8 Å². The number of likely N-dealkylation sites (tertiary alicyclic amines) is 1. The smallest absolute Gasteiger partial charge is 0.326 e. The summed E-state index contributed by atoms with van der Waals surface area (Å²) in [6, 6.07) is 5.74. The van der Waals surface area contributed by atoms with E-state index in [0.29, 0.717) is 31.6 Å². The summed E-state index contributed by atoms with van der Waals surface area (Å²) in [5, 5.41) is 14.9. The summed E-state index contributed by atoms with van der Waals surface area (Å²) >= 11 is 1.53. The molecule has 32 heavy (non-hydrogen) atoms. The van der Waals surface area contributed by atoms with Gasteiger partial charge in [-0.25, -0.2) is 4.79 Å². The topological polar surface area (TPSA) is 142 Å². The summed E-state index contributed by atoms with van der Waals surface area (Å²) in [5.41, 5.74) is 6.50. The van der Waals surface area contributed by atoms with Gasteiger partial charge < -0.3 is 26.4 Å². The summed E-state index contributed by atoms with van der Waals surface area (Å²) in [6.07, 6.45) is 3.47. The first-order chi connectivity index (χ1) is 15.2. The van der Waals surface area contributed by atoms with Gasteiger partial charge in [-0.05, 0) is 43.8 Å². The van der Waals surface area contributed by atoms with Gasteiger partial charge in [0.15, 0.2) is 0 Å². The lowest BCUT2D eigenvalue weighted by Gasteiger charge is -2.29. The molecule has 9 nitrogen and oxygen atoms in total. The molecule has 0 saturated carbocycles. The third-order valence-corrected chi connectivity index (χ3v) is 6.02. The van der Waals surface area contributed by atoms with Crippen LogP contribution in [0, 0.1) is 0 Å². The van der Waals surface area contributed by atoms with Gasteiger partial charge in [0.25, 0.3) is 0 Å². The Morgan fingerprint density at radius 3 is 2.41 bits per heavy atom. The number of carbonyl (C=O) groups is 4. The van der Waals surface area contributed by atoms with E-state index in [0.717, 1.165) is 5.56 Å². The van der Waals surface area contributed by atoms with Crippen molar-refractivity contribution in [1.82, 2.24) is 15.5 Å². The fraction of sp³-hybridized carbons (Fsp3) is 0.545. The van der Waals surface area contributed by atoms with Crippen molar-refractivity contribution < 1.29 is 24.3 Å². The summed E-state index contributed by atoms with van der Waals surface area (Å²) in [4.78, 5) is 51.4. The van der Waals surface area contributed by atoms with Crippen LogP contribution in [0.2, 0.25) is 0 Å². The Morgan fingerprint density at radius 2 is 1.81 bits per heavy atom. The lowest BCUT2D eigenvalue weighted by Crippen LogP contribution is -2.57. The number of hydrogen-bond acceptors (Lipinski definition) is 6. The number of rotatable bonds is 11. The Labute approximate surface area is 192 Å². The molecular weight excluding hydrogens is 432 g/mol. The maximum absolute atomic E-state index is 13.2. The number of nitrogens with one attached hydrogen (secondary N) is 2. The van der Waals surface area contributed by atoms with Gasteiger partial charge in [0, 0.05) is 13.0 Å². The van der Waals surface area contributed by atoms with Crippen LogP contribution in [0.5, 0.6) is 0 Å². The molecule has 0 aromatic heterocycles. The summed E-state index contributed by atoms with van der Waals surface area (Å²) in [6.45, 7) is 1.87. The first-order valence-corrected chi connectivity index (χ1v) is 12.1. The molecule has 1 aliphatic rings. The molecule has 1 aliphatic heterocycles. The minimum Gasteiger partial charge on any atom is -0.480 e. The molecule has 4 unspecified atom stereocenters. The van der Waals surface area contributed by atoms with Gasteiger partial charge >= 0.3 is 5.97 Å². The Kier molecular flexibility index (Phi) is 9.98. The molecule has 0 aliphatic carbocycles. The quantitative estimate of drug-likeness (QED) is 0.371. The van der Waals surface area contributed by atoms with Crippen molar-refractivity contribution in [3.05, 3.63) is 35.9 Å². The fourth-order valence-corrected chi connectivity index (χ4v) is 4.09. The average Bonchev–Trinajstić information content (AvgIpc) is 3.26. The van der Waals surface area contributed by atoms with Gasteiger partial charge in [0.2, 0.25) is 17.7 Å². The van der Waals surface area contributed by atoms with Crippen LogP contribution in [0.4, 0.5) is 0 Å². The minimum absolute atomic E-state index is 0.232. The van der Waals surface area contributed by atoms with E-state index in [4.69, 9.17) is 5.73 Å². The predicted octanol–water partition coefficient (Wildman–Crippen LogP) is 0.375. The van der Waals surface area contributed by atoms with Crippen LogP contribution in [-0.4, -0.2) is 76.4 Å². The van der Waals surface area contributed by atoms with Crippen LogP contribution in [-0.2, 0) is 25.6 Å². The van der Waals surface area contributed by atoms with Crippen molar-refractivity contribution in [3.63, 3.8) is 0 Å². The van der Waals surface area contributed by atoms with Gasteiger partial charge in [-0.2, -0.15) is 11.8 Å². The van der Waals surface area contributed by atoms with Crippen LogP contribution < -0.4 is 16.4 Å². The third kappa shape index (κ3) is 7.23. The monoisotopic (exact) mass is 464 g/mol. The number of nitrogens with zero attached hydrogens (tertiary/aromatic N) is 1. The molecule has 3 amide bonds. The first kappa shape index (κ1) is 25.7. The van der Waals surface area contributed by atoms with Crippen molar-refractivity contribution in [2.75, 3.05) is 18.6 Å². The van der Waals surface area contributed by atoms with E-state index >= 15 is 0 Å². The van der Waals surface area contributed by atoms with Crippen molar-refractivity contribution in [3.8, 4) is 0 Å². The fourth-order valence-electron chi connectivity index (χ4n) is 3.62. The summed E-state index contributed by atoms with van der Waals surface area (Å²) < 4.78 is 0. The van der Waals surface area contributed by atoms with Crippen molar-refractivity contribution in [1.29, 1.82) is 0 Å². The van der Waals surface area contributed by atoms with E-state index < -0.39 is 47.9 Å². The van der Waals surface area contributed by atoms with E-state index in [1.54, 1.807) is 0 Å². The first-order valence-electron chi connectivity index (χ1n) is 10.7. The lowest BCUT2D eigenvalue weighted by molar-refractivity contribution is -0.149. The molecule has 4 atom stereocenters. The van der Waals surface area contributed by atoms with Crippen molar-refractivity contribution >= 4 is 35.5 Å². The van der Waals surface area contributed by atoms with Crippen molar-refractivity contribution in [2.24, 2.45) is 5.73 Å². The maximum Gasteiger partial charge on any atom is 0.326 e. The van der Waals surface area contributed by atoms with Gasteiger partial charge in [0.1, 0.15) is 18.1 Å². The molecule has 1 heterocycles. The highest BCUT2D eigenvalue weighted by atomic mass is 32.2. The normalized spacial score (nSPS) is 18.5.